The van der Waals surface area contributed by atoms with Gasteiger partial charge >= 0.3 is 5.97 Å². The normalized spacial score (nSPS) is 10.7. The van der Waals surface area contributed by atoms with Gasteiger partial charge in [0.25, 0.3) is 0 Å². The molecule has 0 amide bonds. The van der Waals surface area contributed by atoms with Crippen molar-refractivity contribution in [2.24, 2.45) is 0 Å². The molecule has 0 saturated carbocycles. The van der Waals surface area contributed by atoms with Crippen LogP contribution in [0.3, 0.4) is 0 Å². The summed E-state index contributed by atoms with van der Waals surface area (Å²) < 4.78 is 0.998. The fraction of sp³-hybridized carbons (Fsp3) is 0.100. The van der Waals surface area contributed by atoms with Crippen molar-refractivity contribution in [3.63, 3.8) is 0 Å². The van der Waals surface area contributed by atoms with Crippen LogP contribution in [0.1, 0.15) is 15.2 Å². The molecule has 0 aliphatic heterocycles. The topological polar surface area (TPSA) is 37.3 Å². The Morgan fingerprint density at radius 3 is 2.86 bits per heavy atom. The Morgan fingerprint density at radius 1 is 1.50 bits per heavy atom. The van der Waals surface area contributed by atoms with E-state index in [1.165, 1.54) is 11.3 Å². The van der Waals surface area contributed by atoms with Gasteiger partial charge in [0.05, 0.1) is 0 Å². The predicted octanol–water partition coefficient (Wildman–Crippen LogP) is 3.20. The minimum absolute atomic E-state index is 0.416. The van der Waals surface area contributed by atoms with E-state index in [0.717, 1.165) is 20.5 Å². The standard InChI is InChI=1S/C10H8O2S2/c1-5-7-4-6(13)2-3-8(7)14-9(5)10(11)12/h2-4,13H,1H3,(H,11,12). The molecule has 0 radical (unpaired) electrons. The maximum absolute atomic E-state index is 10.9. The Bertz CT molecular complexity index is 514. The monoisotopic (exact) mass is 224 g/mol. The number of carboxylic acids is 1. The van der Waals surface area contributed by atoms with Gasteiger partial charge in [0.15, 0.2) is 0 Å². The van der Waals surface area contributed by atoms with Gasteiger partial charge in [-0.3, -0.25) is 0 Å². The van der Waals surface area contributed by atoms with Crippen LogP contribution in [-0.2, 0) is 0 Å². The number of thiol groups is 1. The Hall–Kier alpha value is -1.00. The van der Waals surface area contributed by atoms with Crippen molar-refractivity contribution in [2.45, 2.75) is 11.8 Å². The number of thiophene rings is 1. The van der Waals surface area contributed by atoms with Gasteiger partial charge < -0.3 is 5.11 Å². The summed E-state index contributed by atoms with van der Waals surface area (Å²) in [5.74, 6) is -0.857. The molecule has 1 heterocycles. The second-order valence-electron chi connectivity index (χ2n) is 3.04. The number of aromatic carboxylic acids is 1. The molecule has 0 bridgehead atoms. The third-order valence-corrected chi connectivity index (χ3v) is 3.65. The number of rotatable bonds is 1. The molecule has 1 aromatic carbocycles. The molecular weight excluding hydrogens is 216 g/mol. The van der Waals surface area contributed by atoms with Gasteiger partial charge in [-0.1, -0.05) is 0 Å². The van der Waals surface area contributed by atoms with E-state index in [9.17, 15) is 4.79 Å². The lowest BCUT2D eigenvalue weighted by Gasteiger charge is -1.93. The zero-order valence-corrected chi connectivity index (χ0v) is 9.15. The summed E-state index contributed by atoms with van der Waals surface area (Å²) in [4.78, 5) is 12.1. The molecule has 1 N–H and O–H groups in total. The molecule has 0 aliphatic carbocycles. The molecule has 0 fully saturated rings. The van der Waals surface area contributed by atoms with Gasteiger partial charge in [-0.25, -0.2) is 4.79 Å². The maximum Gasteiger partial charge on any atom is 0.346 e. The summed E-state index contributed by atoms with van der Waals surface area (Å²) in [6.07, 6.45) is 0. The van der Waals surface area contributed by atoms with Gasteiger partial charge in [0.2, 0.25) is 0 Å². The summed E-state index contributed by atoms with van der Waals surface area (Å²) >= 11 is 5.53. The van der Waals surface area contributed by atoms with Crippen LogP contribution in [0.4, 0.5) is 0 Å². The third kappa shape index (κ3) is 1.40. The lowest BCUT2D eigenvalue weighted by molar-refractivity contribution is 0.0701. The molecule has 0 aliphatic rings. The first-order valence-corrected chi connectivity index (χ1v) is 5.31. The van der Waals surface area contributed by atoms with Crippen molar-refractivity contribution in [2.75, 3.05) is 0 Å². The lowest BCUT2D eigenvalue weighted by Crippen LogP contribution is -1.93. The van der Waals surface area contributed by atoms with E-state index < -0.39 is 5.97 Å². The zero-order chi connectivity index (χ0) is 10.3. The molecule has 72 valence electrons. The van der Waals surface area contributed by atoms with E-state index in [-0.39, 0.29) is 0 Å². The number of carboxylic acid groups (broad SMARTS) is 1. The van der Waals surface area contributed by atoms with Gasteiger partial charge in [-0.15, -0.1) is 24.0 Å². The van der Waals surface area contributed by atoms with Crippen LogP contribution in [-0.4, -0.2) is 11.1 Å². The van der Waals surface area contributed by atoms with Crippen LogP contribution in [0.15, 0.2) is 23.1 Å². The van der Waals surface area contributed by atoms with Crippen LogP contribution in [0.5, 0.6) is 0 Å². The third-order valence-electron chi connectivity index (χ3n) is 2.11. The lowest BCUT2D eigenvalue weighted by atomic mass is 10.1. The van der Waals surface area contributed by atoms with E-state index in [0.29, 0.717) is 4.88 Å². The van der Waals surface area contributed by atoms with Crippen molar-refractivity contribution in [3.05, 3.63) is 28.6 Å². The smallest absolute Gasteiger partial charge is 0.346 e. The molecule has 2 nitrogen and oxygen atoms in total. The average molecular weight is 224 g/mol. The number of aryl methyl sites for hydroxylation is 1. The van der Waals surface area contributed by atoms with Gasteiger partial charge in [-0.2, -0.15) is 0 Å². The summed E-state index contributed by atoms with van der Waals surface area (Å²) in [5.41, 5.74) is 0.827. The molecule has 14 heavy (non-hydrogen) atoms. The van der Waals surface area contributed by atoms with Crippen LogP contribution < -0.4 is 0 Å². The Labute approximate surface area is 90.6 Å². The fourth-order valence-corrected chi connectivity index (χ4v) is 2.64. The van der Waals surface area contributed by atoms with Crippen molar-refractivity contribution in [3.8, 4) is 0 Å². The van der Waals surface area contributed by atoms with E-state index in [2.05, 4.69) is 12.6 Å². The van der Waals surface area contributed by atoms with Gasteiger partial charge in [-0.05, 0) is 36.1 Å². The largest absolute Gasteiger partial charge is 0.477 e. The highest BCUT2D eigenvalue weighted by Gasteiger charge is 2.13. The van der Waals surface area contributed by atoms with E-state index in [1.54, 1.807) is 0 Å². The average Bonchev–Trinajstić information content (AvgIpc) is 2.44. The predicted molar refractivity (Wildman–Crippen MR) is 60.8 cm³/mol. The number of carbonyl (C=O) groups is 1. The minimum Gasteiger partial charge on any atom is -0.477 e. The summed E-state index contributed by atoms with van der Waals surface area (Å²) in [6.45, 7) is 1.83. The van der Waals surface area contributed by atoms with Crippen LogP contribution in [0.2, 0.25) is 0 Å². The van der Waals surface area contributed by atoms with Crippen molar-refractivity contribution in [1.29, 1.82) is 0 Å². The highest BCUT2D eigenvalue weighted by molar-refractivity contribution is 7.80. The molecule has 4 heteroatoms. The van der Waals surface area contributed by atoms with E-state index >= 15 is 0 Å². The zero-order valence-electron chi connectivity index (χ0n) is 7.44. The number of fused-ring (bicyclic) bond motifs is 1. The van der Waals surface area contributed by atoms with Crippen LogP contribution in [0, 0.1) is 6.92 Å². The van der Waals surface area contributed by atoms with E-state index in [4.69, 9.17) is 5.11 Å². The Balaban J connectivity index is 2.80. The van der Waals surface area contributed by atoms with Gasteiger partial charge in [0, 0.05) is 9.60 Å². The van der Waals surface area contributed by atoms with Crippen LogP contribution in [0.25, 0.3) is 10.1 Å². The molecule has 1 aromatic heterocycles. The second kappa shape index (κ2) is 3.29. The SMILES string of the molecule is Cc1c(C(=O)O)sc2ccc(S)cc12. The molecular formula is C10H8O2S2. The quantitative estimate of drug-likeness (QED) is 0.730. The molecule has 0 spiro atoms. The number of hydrogen-bond acceptors (Lipinski definition) is 3. The summed E-state index contributed by atoms with van der Waals surface area (Å²) in [6, 6.07) is 5.67. The first kappa shape index (κ1) is 9.55. The minimum atomic E-state index is -0.857. The van der Waals surface area contributed by atoms with Crippen LogP contribution >= 0.6 is 24.0 Å². The molecule has 0 saturated heterocycles. The van der Waals surface area contributed by atoms with Gasteiger partial charge in [0.1, 0.15) is 4.88 Å². The number of benzene rings is 1. The van der Waals surface area contributed by atoms with Crippen molar-refractivity contribution in [1.82, 2.24) is 0 Å². The number of hydrogen-bond donors (Lipinski definition) is 2. The second-order valence-corrected chi connectivity index (χ2v) is 4.61. The first-order chi connectivity index (χ1) is 6.59. The van der Waals surface area contributed by atoms with E-state index in [1.807, 2.05) is 25.1 Å². The van der Waals surface area contributed by atoms with Crippen molar-refractivity contribution < 1.29 is 9.90 Å². The summed E-state index contributed by atoms with van der Waals surface area (Å²) in [5, 5.41) is 9.91. The Morgan fingerprint density at radius 2 is 2.21 bits per heavy atom. The molecule has 2 aromatic rings. The first-order valence-electron chi connectivity index (χ1n) is 4.05. The molecule has 2 rings (SSSR count). The highest BCUT2D eigenvalue weighted by Crippen LogP contribution is 2.32. The molecule has 0 atom stereocenters. The summed E-state index contributed by atoms with van der Waals surface area (Å²) in [7, 11) is 0. The van der Waals surface area contributed by atoms with Crippen molar-refractivity contribution >= 4 is 40.0 Å². The molecule has 0 unspecified atom stereocenters. The maximum atomic E-state index is 10.9. The highest BCUT2D eigenvalue weighted by atomic mass is 32.1. The fourth-order valence-electron chi connectivity index (χ4n) is 1.41. The Kier molecular flexibility index (Phi) is 2.25.